The second kappa shape index (κ2) is 4.20. The molecule has 90 valence electrons. The lowest BCUT2D eigenvalue weighted by atomic mass is 9.96. The molecule has 2 rings (SSSR count). The fourth-order valence-corrected chi connectivity index (χ4v) is 2.17. The van der Waals surface area contributed by atoms with E-state index in [0.29, 0.717) is 0 Å². The van der Waals surface area contributed by atoms with Gasteiger partial charge in [0.1, 0.15) is 0 Å². The zero-order valence-corrected chi connectivity index (χ0v) is 10.3. The maximum atomic E-state index is 11.1. The predicted molar refractivity (Wildman–Crippen MR) is 66.1 cm³/mol. The van der Waals surface area contributed by atoms with E-state index in [2.05, 4.69) is 5.10 Å². The van der Waals surface area contributed by atoms with Crippen molar-refractivity contribution in [3.8, 4) is 0 Å². The highest BCUT2D eigenvalue weighted by molar-refractivity contribution is 5.90. The molecule has 4 nitrogen and oxygen atoms in total. The van der Waals surface area contributed by atoms with Gasteiger partial charge in [-0.3, -0.25) is 9.48 Å². The summed E-state index contributed by atoms with van der Waals surface area (Å²) in [6.07, 6.45) is 0.806. The van der Waals surface area contributed by atoms with Crippen molar-refractivity contribution >= 4 is 16.9 Å². The molecule has 0 saturated heterocycles. The lowest BCUT2D eigenvalue weighted by Gasteiger charge is -2.08. The lowest BCUT2D eigenvalue weighted by Crippen LogP contribution is -2.08. The van der Waals surface area contributed by atoms with Crippen LogP contribution in [0.1, 0.15) is 31.0 Å². The molecule has 0 aliphatic carbocycles. The number of carboxylic acids is 1. The minimum Gasteiger partial charge on any atom is -0.481 e. The van der Waals surface area contributed by atoms with Gasteiger partial charge in [-0.15, -0.1) is 0 Å². The Morgan fingerprint density at radius 1 is 1.53 bits per heavy atom. The number of rotatable bonds is 3. The fraction of sp³-hybridized carbons (Fsp3) is 0.385. The van der Waals surface area contributed by atoms with Crippen LogP contribution in [0.3, 0.4) is 0 Å². The van der Waals surface area contributed by atoms with Crippen molar-refractivity contribution in [2.45, 2.75) is 26.2 Å². The number of fused-ring (bicyclic) bond motifs is 1. The topological polar surface area (TPSA) is 55.1 Å². The maximum Gasteiger partial charge on any atom is 0.310 e. The minimum atomic E-state index is -0.802. The van der Waals surface area contributed by atoms with E-state index < -0.39 is 11.9 Å². The summed E-state index contributed by atoms with van der Waals surface area (Å²) in [5, 5.41) is 14.6. The van der Waals surface area contributed by atoms with Gasteiger partial charge in [0.25, 0.3) is 0 Å². The van der Waals surface area contributed by atoms with Crippen LogP contribution in [0.15, 0.2) is 18.2 Å². The molecule has 0 bridgehead atoms. The van der Waals surface area contributed by atoms with Crippen LogP contribution in [0.25, 0.3) is 10.9 Å². The number of hydrogen-bond donors (Lipinski definition) is 1. The Balaban J connectivity index is 2.75. The van der Waals surface area contributed by atoms with E-state index in [1.165, 1.54) is 0 Å². The molecule has 1 unspecified atom stereocenters. The molecule has 0 saturated carbocycles. The number of benzene rings is 1. The molecule has 2 aromatic rings. The van der Waals surface area contributed by atoms with Gasteiger partial charge < -0.3 is 5.11 Å². The molecule has 0 radical (unpaired) electrons. The van der Waals surface area contributed by atoms with Crippen molar-refractivity contribution in [2.75, 3.05) is 0 Å². The average Bonchev–Trinajstić information content (AvgIpc) is 2.65. The van der Waals surface area contributed by atoms with Gasteiger partial charge in [-0.05, 0) is 25.0 Å². The van der Waals surface area contributed by atoms with E-state index in [1.807, 2.05) is 36.9 Å². The number of carboxylic acid groups (broad SMARTS) is 1. The SMILES string of the molecule is CCc1nn(C)c2cccc(C(C)C(=O)O)c12. The Kier molecular flexibility index (Phi) is 2.88. The maximum absolute atomic E-state index is 11.1. The summed E-state index contributed by atoms with van der Waals surface area (Å²) in [5.74, 6) is -1.31. The number of aryl methyl sites for hydroxylation is 2. The summed E-state index contributed by atoms with van der Waals surface area (Å²) in [6, 6.07) is 5.74. The Morgan fingerprint density at radius 2 is 2.24 bits per heavy atom. The zero-order chi connectivity index (χ0) is 12.6. The third-order valence-electron chi connectivity index (χ3n) is 3.15. The Hall–Kier alpha value is -1.84. The molecular weight excluding hydrogens is 216 g/mol. The van der Waals surface area contributed by atoms with Crippen LogP contribution in [0.4, 0.5) is 0 Å². The Morgan fingerprint density at radius 3 is 2.82 bits per heavy atom. The van der Waals surface area contributed by atoms with Crippen molar-refractivity contribution in [3.05, 3.63) is 29.5 Å². The highest BCUT2D eigenvalue weighted by Gasteiger charge is 2.19. The standard InChI is InChI=1S/C13H16N2O2/c1-4-10-12-9(8(2)13(16)17)6-5-7-11(12)15(3)14-10/h5-8H,4H2,1-3H3,(H,16,17). The van der Waals surface area contributed by atoms with Crippen molar-refractivity contribution < 1.29 is 9.90 Å². The molecule has 1 aromatic heterocycles. The van der Waals surface area contributed by atoms with Gasteiger partial charge in [0.05, 0.1) is 17.1 Å². The van der Waals surface area contributed by atoms with Crippen LogP contribution < -0.4 is 0 Å². The summed E-state index contributed by atoms with van der Waals surface area (Å²) in [4.78, 5) is 11.1. The summed E-state index contributed by atoms with van der Waals surface area (Å²) in [5.41, 5.74) is 2.80. The first-order valence-electron chi connectivity index (χ1n) is 5.73. The van der Waals surface area contributed by atoms with E-state index in [1.54, 1.807) is 6.92 Å². The van der Waals surface area contributed by atoms with Crippen molar-refractivity contribution in [1.29, 1.82) is 0 Å². The second-order valence-corrected chi connectivity index (χ2v) is 4.23. The average molecular weight is 232 g/mol. The molecule has 0 aliphatic rings. The molecular formula is C13H16N2O2. The van der Waals surface area contributed by atoms with Gasteiger partial charge in [-0.2, -0.15) is 5.10 Å². The highest BCUT2D eigenvalue weighted by atomic mass is 16.4. The second-order valence-electron chi connectivity index (χ2n) is 4.23. The van der Waals surface area contributed by atoms with Gasteiger partial charge in [0, 0.05) is 12.4 Å². The van der Waals surface area contributed by atoms with Gasteiger partial charge >= 0.3 is 5.97 Å². The molecule has 1 aromatic carbocycles. The first-order chi connectivity index (χ1) is 8.06. The predicted octanol–water partition coefficient (Wildman–Crippen LogP) is 2.32. The van der Waals surface area contributed by atoms with Crippen LogP contribution in [0, 0.1) is 0 Å². The molecule has 0 amide bonds. The fourth-order valence-electron chi connectivity index (χ4n) is 2.17. The normalized spacial score (nSPS) is 12.9. The van der Waals surface area contributed by atoms with E-state index >= 15 is 0 Å². The van der Waals surface area contributed by atoms with Gasteiger partial charge in [-0.25, -0.2) is 0 Å². The van der Waals surface area contributed by atoms with Crippen molar-refractivity contribution in [2.24, 2.45) is 7.05 Å². The van der Waals surface area contributed by atoms with Gasteiger partial charge in [0.2, 0.25) is 0 Å². The van der Waals surface area contributed by atoms with Crippen LogP contribution in [-0.2, 0) is 18.3 Å². The highest BCUT2D eigenvalue weighted by Crippen LogP contribution is 2.28. The Labute approximate surface area is 99.9 Å². The number of aromatic nitrogens is 2. The molecule has 0 fully saturated rings. The molecule has 0 aliphatic heterocycles. The van der Waals surface area contributed by atoms with Crippen molar-refractivity contribution in [3.63, 3.8) is 0 Å². The van der Waals surface area contributed by atoms with Crippen LogP contribution in [0.2, 0.25) is 0 Å². The molecule has 1 atom stereocenters. The largest absolute Gasteiger partial charge is 0.481 e. The minimum absolute atomic E-state index is 0.506. The quantitative estimate of drug-likeness (QED) is 0.883. The van der Waals surface area contributed by atoms with E-state index in [0.717, 1.165) is 28.6 Å². The van der Waals surface area contributed by atoms with Gasteiger partial charge in [0.15, 0.2) is 0 Å². The molecule has 0 spiro atoms. The molecule has 1 heterocycles. The number of hydrogen-bond acceptors (Lipinski definition) is 2. The monoisotopic (exact) mass is 232 g/mol. The number of nitrogens with zero attached hydrogens (tertiary/aromatic N) is 2. The van der Waals surface area contributed by atoms with Crippen molar-refractivity contribution in [1.82, 2.24) is 9.78 Å². The smallest absolute Gasteiger partial charge is 0.310 e. The van der Waals surface area contributed by atoms with Crippen LogP contribution >= 0.6 is 0 Å². The first kappa shape index (κ1) is 11.6. The van der Waals surface area contributed by atoms with Gasteiger partial charge in [-0.1, -0.05) is 19.1 Å². The summed E-state index contributed by atoms with van der Waals surface area (Å²) < 4.78 is 1.81. The first-order valence-corrected chi connectivity index (χ1v) is 5.73. The summed E-state index contributed by atoms with van der Waals surface area (Å²) in [7, 11) is 1.89. The molecule has 17 heavy (non-hydrogen) atoms. The van der Waals surface area contributed by atoms with Crippen LogP contribution in [0.5, 0.6) is 0 Å². The van der Waals surface area contributed by atoms with E-state index in [9.17, 15) is 4.79 Å². The number of carbonyl (C=O) groups is 1. The van der Waals surface area contributed by atoms with E-state index in [4.69, 9.17) is 5.11 Å². The third-order valence-corrected chi connectivity index (χ3v) is 3.15. The number of aliphatic carboxylic acids is 1. The van der Waals surface area contributed by atoms with Crippen LogP contribution in [-0.4, -0.2) is 20.9 Å². The molecule has 1 N–H and O–H groups in total. The van der Waals surface area contributed by atoms with E-state index in [-0.39, 0.29) is 0 Å². The summed E-state index contributed by atoms with van der Waals surface area (Å²) in [6.45, 7) is 3.74. The zero-order valence-electron chi connectivity index (χ0n) is 10.3. The summed E-state index contributed by atoms with van der Waals surface area (Å²) >= 11 is 0. The molecule has 4 heteroatoms. The Bertz CT molecular complexity index is 572. The lowest BCUT2D eigenvalue weighted by molar-refractivity contribution is -0.138. The third kappa shape index (κ3) is 1.79.